The van der Waals surface area contributed by atoms with Crippen molar-refractivity contribution in [1.82, 2.24) is 19.5 Å². The van der Waals surface area contributed by atoms with Gasteiger partial charge in [-0.25, -0.2) is 15.0 Å². The van der Waals surface area contributed by atoms with Crippen LogP contribution in [-0.2, 0) is 6.42 Å². The van der Waals surface area contributed by atoms with Gasteiger partial charge in [-0.2, -0.15) is 0 Å². The quantitative estimate of drug-likeness (QED) is 0.554. The minimum Gasteiger partial charge on any atom is -0.394 e. The Morgan fingerprint density at radius 3 is 2.11 bits per heavy atom. The number of rotatable bonds is 6. The lowest BCUT2D eigenvalue weighted by molar-refractivity contribution is 0.250. The molecule has 0 fully saturated rings. The van der Waals surface area contributed by atoms with Crippen LogP contribution in [0.15, 0.2) is 79.4 Å². The highest BCUT2D eigenvalue weighted by molar-refractivity contribution is 5.78. The summed E-state index contributed by atoms with van der Waals surface area (Å²) in [6.07, 6.45) is 6.25. The van der Waals surface area contributed by atoms with Crippen LogP contribution < -0.4 is 0 Å². The summed E-state index contributed by atoms with van der Waals surface area (Å²) in [5.74, 6) is 0.804. The molecule has 28 heavy (non-hydrogen) atoms. The number of aromatic nitrogens is 4. The van der Waals surface area contributed by atoms with Crippen molar-refractivity contribution in [3.63, 3.8) is 0 Å². The first-order valence-electron chi connectivity index (χ1n) is 9.41. The number of aryl methyl sites for hydroxylation is 1. The first kappa shape index (κ1) is 18.1. The summed E-state index contributed by atoms with van der Waals surface area (Å²) in [7, 11) is 0. The van der Waals surface area contributed by atoms with Gasteiger partial charge in [-0.1, -0.05) is 67.6 Å². The number of imidazole rings is 1. The molecule has 4 aromatic rings. The van der Waals surface area contributed by atoms with E-state index in [1.54, 1.807) is 6.33 Å². The van der Waals surface area contributed by atoms with Crippen LogP contribution in [0.1, 0.15) is 24.4 Å². The maximum absolute atomic E-state index is 10.2. The Kier molecular flexibility index (Phi) is 5.26. The molecule has 5 nitrogen and oxygen atoms in total. The van der Waals surface area contributed by atoms with Crippen LogP contribution in [0.2, 0.25) is 0 Å². The van der Waals surface area contributed by atoms with E-state index in [-0.39, 0.29) is 12.6 Å². The largest absolute Gasteiger partial charge is 0.394 e. The zero-order valence-electron chi connectivity index (χ0n) is 15.7. The molecule has 0 unspecified atom stereocenters. The number of hydrogen-bond acceptors (Lipinski definition) is 4. The minimum absolute atomic E-state index is 0.0322. The summed E-state index contributed by atoms with van der Waals surface area (Å²) >= 11 is 0. The van der Waals surface area contributed by atoms with Gasteiger partial charge in [0.15, 0.2) is 0 Å². The first-order chi connectivity index (χ1) is 13.8. The second kappa shape index (κ2) is 8.15. The Bertz CT molecular complexity index is 1030. The molecule has 0 spiro atoms. The fourth-order valence-corrected chi connectivity index (χ4v) is 3.38. The third-order valence-electron chi connectivity index (χ3n) is 4.83. The van der Waals surface area contributed by atoms with Crippen molar-refractivity contribution in [3.05, 3.63) is 90.8 Å². The molecule has 5 heteroatoms. The Balaban J connectivity index is 1.90. The van der Waals surface area contributed by atoms with Crippen molar-refractivity contribution < 1.29 is 5.11 Å². The summed E-state index contributed by atoms with van der Waals surface area (Å²) in [4.78, 5) is 13.6. The van der Waals surface area contributed by atoms with Gasteiger partial charge in [0.05, 0.1) is 30.4 Å². The molecule has 0 saturated carbocycles. The highest BCUT2D eigenvalue weighted by Gasteiger charge is 2.22. The van der Waals surface area contributed by atoms with Crippen molar-refractivity contribution >= 4 is 0 Å². The predicted molar refractivity (Wildman–Crippen MR) is 110 cm³/mol. The third-order valence-corrected chi connectivity index (χ3v) is 4.83. The monoisotopic (exact) mass is 370 g/mol. The normalized spacial score (nSPS) is 12.1. The molecule has 0 amide bonds. The van der Waals surface area contributed by atoms with Gasteiger partial charge >= 0.3 is 0 Å². The lowest BCUT2D eigenvalue weighted by atomic mass is 10.0. The molecule has 2 aromatic carbocycles. The molecule has 0 saturated heterocycles. The fourth-order valence-electron chi connectivity index (χ4n) is 3.38. The van der Waals surface area contributed by atoms with Crippen molar-refractivity contribution in [2.75, 3.05) is 6.61 Å². The summed E-state index contributed by atoms with van der Waals surface area (Å²) in [5.41, 5.74) is 4.66. The van der Waals surface area contributed by atoms with Gasteiger partial charge in [0, 0.05) is 29.9 Å². The summed E-state index contributed by atoms with van der Waals surface area (Å²) in [6, 6.07) is 19.8. The van der Waals surface area contributed by atoms with E-state index in [1.807, 2.05) is 84.5 Å². The summed E-state index contributed by atoms with van der Waals surface area (Å²) < 4.78 is 2.02. The molecule has 2 heterocycles. The molecule has 4 rings (SSSR count). The van der Waals surface area contributed by atoms with E-state index < -0.39 is 0 Å². The van der Waals surface area contributed by atoms with Crippen molar-refractivity contribution in [1.29, 1.82) is 0 Å². The number of hydrogen-bond donors (Lipinski definition) is 1. The van der Waals surface area contributed by atoms with E-state index in [2.05, 4.69) is 9.97 Å². The number of nitrogens with zero attached hydrogens (tertiary/aromatic N) is 4. The molecule has 1 atom stereocenters. The standard InChI is InChI=1S/C23H22N4O/c1-2-21-24-13-19(14-25-21)23-22(18-11-7-4-8-12-18)26-16-27(23)20(15-28)17-9-5-3-6-10-17/h3-14,16,20,28H,2,15H2,1H3/t20-/m1/s1. The maximum Gasteiger partial charge on any atom is 0.127 e. The molecule has 0 aliphatic carbocycles. The molecule has 0 bridgehead atoms. The minimum atomic E-state index is -0.244. The van der Waals surface area contributed by atoms with Gasteiger partial charge < -0.3 is 9.67 Å². The van der Waals surface area contributed by atoms with Crippen LogP contribution in [0.3, 0.4) is 0 Å². The van der Waals surface area contributed by atoms with Crippen LogP contribution in [0.5, 0.6) is 0 Å². The third kappa shape index (κ3) is 3.44. The van der Waals surface area contributed by atoms with Gasteiger partial charge in [0.2, 0.25) is 0 Å². The first-order valence-corrected chi connectivity index (χ1v) is 9.41. The van der Waals surface area contributed by atoms with E-state index in [1.165, 1.54) is 0 Å². The number of aliphatic hydroxyl groups excluding tert-OH is 1. The highest BCUT2D eigenvalue weighted by Crippen LogP contribution is 2.34. The molecule has 0 aliphatic heterocycles. The summed E-state index contributed by atoms with van der Waals surface area (Å²) in [6.45, 7) is 2.00. The molecule has 2 aromatic heterocycles. The van der Waals surface area contributed by atoms with Crippen molar-refractivity contribution in [2.45, 2.75) is 19.4 Å². The average molecular weight is 370 g/mol. The molecule has 140 valence electrons. The molecule has 1 N–H and O–H groups in total. The van der Waals surface area contributed by atoms with Crippen LogP contribution in [0, 0.1) is 0 Å². The van der Waals surface area contributed by atoms with E-state index >= 15 is 0 Å². The van der Waals surface area contributed by atoms with Gasteiger partial charge in [0.1, 0.15) is 5.82 Å². The van der Waals surface area contributed by atoms with E-state index in [0.717, 1.165) is 40.3 Å². The van der Waals surface area contributed by atoms with E-state index in [9.17, 15) is 5.11 Å². The predicted octanol–water partition coefficient (Wildman–Crippen LogP) is 4.15. The number of benzene rings is 2. The van der Waals surface area contributed by atoms with Crippen LogP contribution in [0.4, 0.5) is 0 Å². The van der Waals surface area contributed by atoms with Crippen molar-refractivity contribution in [3.8, 4) is 22.5 Å². The SMILES string of the molecule is CCc1ncc(-c2c(-c3ccccc3)ncn2[C@H](CO)c2ccccc2)cn1. The smallest absolute Gasteiger partial charge is 0.127 e. The van der Waals surface area contributed by atoms with Crippen molar-refractivity contribution in [2.24, 2.45) is 0 Å². The maximum atomic E-state index is 10.2. The van der Waals surface area contributed by atoms with Gasteiger partial charge in [-0.05, 0) is 5.56 Å². The highest BCUT2D eigenvalue weighted by atomic mass is 16.3. The zero-order valence-corrected chi connectivity index (χ0v) is 15.7. The second-order valence-corrected chi connectivity index (χ2v) is 6.57. The Labute approximate surface area is 164 Å². The Morgan fingerprint density at radius 1 is 0.857 bits per heavy atom. The molecular formula is C23H22N4O. The number of aliphatic hydroxyl groups is 1. The lowest BCUT2D eigenvalue weighted by Crippen LogP contribution is -2.15. The lowest BCUT2D eigenvalue weighted by Gasteiger charge is -2.20. The van der Waals surface area contributed by atoms with E-state index in [0.29, 0.717) is 0 Å². The van der Waals surface area contributed by atoms with E-state index in [4.69, 9.17) is 4.98 Å². The van der Waals surface area contributed by atoms with Gasteiger partial charge in [0.25, 0.3) is 0 Å². The summed E-state index contributed by atoms with van der Waals surface area (Å²) in [5, 5.41) is 10.2. The molecule has 0 aliphatic rings. The molecule has 0 radical (unpaired) electrons. The zero-order chi connectivity index (χ0) is 19.3. The second-order valence-electron chi connectivity index (χ2n) is 6.57. The Morgan fingerprint density at radius 2 is 1.50 bits per heavy atom. The average Bonchev–Trinajstić information content (AvgIpc) is 3.20. The van der Waals surface area contributed by atoms with Gasteiger partial charge in [-0.3, -0.25) is 0 Å². The fraction of sp³-hybridized carbons (Fsp3) is 0.174. The molecular weight excluding hydrogens is 348 g/mol. The van der Waals surface area contributed by atoms with Crippen LogP contribution >= 0.6 is 0 Å². The van der Waals surface area contributed by atoms with Gasteiger partial charge in [-0.15, -0.1) is 0 Å². The van der Waals surface area contributed by atoms with Crippen LogP contribution in [0.25, 0.3) is 22.5 Å². The topological polar surface area (TPSA) is 63.8 Å². The Hall–Kier alpha value is -3.31. The van der Waals surface area contributed by atoms with Crippen LogP contribution in [-0.4, -0.2) is 31.2 Å².